The normalized spacial score (nSPS) is 24.9. The van der Waals surface area contributed by atoms with Gasteiger partial charge in [0.1, 0.15) is 18.7 Å². The van der Waals surface area contributed by atoms with Gasteiger partial charge in [0.05, 0.1) is 25.2 Å². The zero-order valence-corrected chi connectivity index (χ0v) is 23.1. The molecule has 4 heterocycles. The number of quaternary nitrogens is 1. The van der Waals surface area contributed by atoms with Gasteiger partial charge in [0.2, 0.25) is 0 Å². The molecule has 0 spiro atoms. The molecule has 0 saturated carbocycles. The molecule has 8 rings (SSSR count). The van der Waals surface area contributed by atoms with Crippen LogP contribution >= 0.6 is 0 Å². The Labute approximate surface area is 237 Å². The molecule has 0 N–H and O–H groups in total. The van der Waals surface area contributed by atoms with Gasteiger partial charge in [0.25, 0.3) is 0 Å². The predicted octanol–water partition coefficient (Wildman–Crippen LogP) is 8.40. The van der Waals surface area contributed by atoms with Gasteiger partial charge in [-0.05, 0) is 51.2 Å². The number of piperidine rings is 3. The van der Waals surface area contributed by atoms with E-state index in [4.69, 9.17) is 4.74 Å². The Morgan fingerprint density at radius 3 is 2.33 bits per heavy atom. The molecule has 5 aromatic rings. The van der Waals surface area contributed by atoms with E-state index in [9.17, 15) is 0 Å². The zero-order chi connectivity index (χ0) is 27.1. The molecule has 3 aliphatic rings. The fraction of sp³-hybridized carbons (Fsp3) is 0.270. The quantitative estimate of drug-likeness (QED) is 0.115. The fourth-order valence-electron chi connectivity index (χ4n) is 7.90. The molecule has 3 nitrogen and oxygen atoms in total. The van der Waals surface area contributed by atoms with Crippen LogP contribution in [0.15, 0.2) is 116 Å². The Bertz CT molecular complexity index is 1670. The summed E-state index contributed by atoms with van der Waals surface area (Å²) in [5, 5.41) is 6.56. The largest absolute Gasteiger partial charge is 0.363 e. The number of para-hydroxylation sites is 1. The molecule has 5 atom stereocenters. The van der Waals surface area contributed by atoms with Crippen molar-refractivity contribution in [1.82, 2.24) is 4.98 Å². The van der Waals surface area contributed by atoms with Gasteiger partial charge in [0, 0.05) is 35.9 Å². The number of benzene rings is 4. The second kappa shape index (κ2) is 10.3. The Kier molecular flexibility index (Phi) is 6.50. The number of pyridine rings is 1. The van der Waals surface area contributed by atoms with Crippen molar-refractivity contribution in [3.05, 3.63) is 128 Å². The van der Waals surface area contributed by atoms with Gasteiger partial charge in [-0.1, -0.05) is 78.9 Å². The highest BCUT2D eigenvalue weighted by Gasteiger charge is 2.54. The highest BCUT2D eigenvalue weighted by atomic mass is 16.5. The van der Waals surface area contributed by atoms with Gasteiger partial charge >= 0.3 is 0 Å². The van der Waals surface area contributed by atoms with Gasteiger partial charge in [-0.15, -0.1) is 13.2 Å². The third-order valence-corrected chi connectivity index (χ3v) is 9.76. The van der Waals surface area contributed by atoms with Crippen molar-refractivity contribution in [3.8, 4) is 0 Å². The van der Waals surface area contributed by atoms with Crippen molar-refractivity contribution in [3.63, 3.8) is 0 Å². The third-order valence-electron chi connectivity index (χ3n) is 9.76. The van der Waals surface area contributed by atoms with Crippen molar-refractivity contribution in [2.45, 2.75) is 31.5 Å². The van der Waals surface area contributed by atoms with Crippen molar-refractivity contribution < 1.29 is 9.22 Å². The second-order valence-corrected chi connectivity index (χ2v) is 11.8. The first-order chi connectivity index (χ1) is 19.7. The van der Waals surface area contributed by atoms with Crippen molar-refractivity contribution >= 4 is 32.4 Å². The standard InChI is InChI=1S/C37H37N2O/c1-3-21-40-37(33-17-19-38-35-16-10-9-15-32(33)35)36-23-27-18-20-39(36,24-26(27)4-2)25-34-30-13-7-5-11-28(30)22-29-12-6-8-14-31(29)34/h3-17,19,22,26-27,36-37H,1-2,18,20-21,23-25H2/q+1/t26-,27-,36+,37-,39-/m0/s1. The van der Waals surface area contributed by atoms with E-state index in [1.54, 1.807) is 0 Å². The van der Waals surface area contributed by atoms with E-state index in [1.165, 1.54) is 44.5 Å². The lowest BCUT2D eigenvalue weighted by molar-refractivity contribution is -0.984. The Morgan fingerprint density at radius 2 is 1.60 bits per heavy atom. The first-order valence-electron chi connectivity index (χ1n) is 14.6. The van der Waals surface area contributed by atoms with E-state index < -0.39 is 0 Å². The van der Waals surface area contributed by atoms with E-state index in [0.717, 1.165) is 36.1 Å². The summed E-state index contributed by atoms with van der Waals surface area (Å²) in [4.78, 5) is 4.68. The molecule has 0 unspecified atom stereocenters. The van der Waals surface area contributed by atoms with Crippen LogP contribution in [0.25, 0.3) is 32.4 Å². The van der Waals surface area contributed by atoms with Crippen LogP contribution in [0.1, 0.15) is 30.1 Å². The molecule has 3 aliphatic heterocycles. The highest BCUT2D eigenvalue weighted by Crippen LogP contribution is 2.50. The SMILES string of the molecule is C=CCO[C@@H](c1ccnc2ccccc12)[C@H]1C[C@@H]2CC[N@@+]1(Cc1c3ccccc3cc3ccccc13)C[C@@H]2C=C. The van der Waals surface area contributed by atoms with Crippen LogP contribution in [-0.4, -0.2) is 35.2 Å². The summed E-state index contributed by atoms with van der Waals surface area (Å²) in [5.74, 6) is 1.18. The average molecular weight is 526 g/mol. The number of rotatable bonds is 8. The monoisotopic (exact) mass is 525 g/mol. The number of ether oxygens (including phenoxy) is 1. The Morgan fingerprint density at radius 1 is 0.900 bits per heavy atom. The number of fused-ring (bicyclic) bond motifs is 6. The Hall–Kier alpha value is -3.79. The molecule has 2 bridgehead atoms. The number of hydrogen-bond donors (Lipinski definition) is 0. The molecule has 3 heteroatoms. The molecule has 200 valence electrons. The van der Waals surface area contributed by atoms with Gasteiger partial charge in [-0.2, -0.15) is 0 Å². The summed E-state index contributed by atoms with van der Waals surface area (Å²) in [5.41, 5.74) is 3.74. The lowest BCUT2D eigenvalue weighted by Gasteiger charge is -2.58. The third kappa shape index (κ3) is 4.16. The van der Waals surface area contributed by atoms with Gasteiger partial charge in [-0.25, -0.2) is 0 Å². The van der Waals surface area contributed by atoms with Crippen LogP contribution in [0.5, 0.6) is 0 Å². The summed E-state index contributed by atoms with van der Waals surface area (Å²) < 4.78 is 7.81. The molecular weight excluding hydrogens is 488 g/mol. The molecule has 0 radical (unpaired) electrons. The van der Waals surface area contributed by atoms with E-state index >= 15 is 0 Å². The molecule has 0 amide bonds. The predicted molar refractivity (Wildman–Crippen MR) is 166 cm³/mol. The minimum atomic E-state index is -0.0410. The molecule has 3 fully saturated rings. The van der Waals surface area contributed by atoms with Crippen LogP contribution < -0.4 is 0 Å². The van der Waals surface area contributed by atoms with Crippen molar-refractivity contribution in [1.29, 1.82) is 0 Å². The molecule has 40 heavy (non-hydrogen) atoms. The van der Waals surface area contributed by atoms with E-state index in [2.05, 4.69) is 109 Å². The van der Waals surface area contributed by atoms with Gasteiger partial charge < -0.3 is 9.22 Å². The maximum Gasteiger partial charge on any atom is 0.135 e. The number of aromatic nitrogens is 1. The summed E-state index contributed by atoms with van der Waals surface area (Å²) in [6, 6.07) is 31.2. The summed E-state index contributed by atoms with van der Waals surface area (Å²) >= 11 is 0. The zero-order valence-electron chi connectivity index (χ0n) is 23.1. The summed E-state index contributed by atoms with van der Waals surface area (Å²) in [6.07, 6.45) is 8.41. The maximum atomic E-state index is 6.80. The van der Waals surface area contributed by atoms with Crippen LogP contribution in [0.3, 0.4) is 0 Å². The lowest BCUT2D eigenvalue weighted by atomic mass is 9.70. The van der Waals surface area contributed by atoms with Gasteiger partial charge in [-0.3, -0.25) is 4.98 Å². The molecule has 1 aromatic heterocycles. The lowest BCUT2D eigenvalue weighted by Crippen LogP contribution is -2.67. The van der Waals surface area contributed by atoms with E-state index in [1.807, 2.05) is 12.3 Å². The average Bonchev–Trinajstić information content (AvgIpc) is 3.01. The van der Waals surface area contributed by atoms with E-state index in [0.29, 0.717) is 24.5 Å². The minimum Gasteiger partial charge on any atom is -0.363 e. The summed E-state index contributed by atoms with van der Waals surface area (Å²) in [7, 11) is 0. The topological polar surface area (TPSA) is 22.1 Å². The van der Waals surface area contributed by atoms with Gasteiger partial charge in [0.15, 0.2) is 0 Å². The second-order valence-electron chi connectivity index (χ2n) is 11.8. The van der Waals surface area contributed by atoms with Crippen LogP contribution in [0, 0.1) is 11.8 Å². The molecule has 4 aromatic carbocycles. The van der Waals surface area contributed by atoms with Crippen LogP contribution in [-0.2, 0) is 11.3 Å². The first-order valence-corrected chi connectivity index (χ1v) is 14.6. The van der Waals surface area contributed by atoms with E-state index in [-0.39, 0.29) is 6.10 Å². The minimum absolute atomic E-state index is 0.0410. The number of hydrogen-bond acceptors (Lipinski definition) is 2. The van der Waals surface area contributed by atoms with Crippen molar-refractivity contribution in [2.75, 3.05) is 19.7 Å². The smallest absolute Gasteiger partial charge is 0.135 e. The molecule has 3 saturated heterocycles. The first kappa shape index (κ1) is 25.2. The van der Waals surface area contributed by atoms with Crippen LogP contribution in [0.4, 0.5) is 0 Å². The fourth-order valence-corrected chi connectivity index (χ4v) is 7.90. The van der Waals surface area contributed by atoms with Crippen LogP contribution in [0.2, 0.25) is 0 Å². The van der Waals surface area contributed by atoms with Crippen molar-refractivity contribution in [2.24, 2.45) is 11.8 Å². The molecular formula is C37H37N2O+. The summed E-state index contributed by atoms with van der Waals surface area (Å²) in [6.45, 7) is 12.1. The molecule has 0 aliphatic carbocycles. The highest BCUT2D eigenvalue weighted by molar-refractivity contribution is 6.02. The Balaban J connectivity index is 1.41. The number of nitrogens with zero attached hydrogens (tertiary/aromatic N) is 2. The maximum absolute atomic E-state index is 6.80.